The van der Waals surface area contributed by atoms with Crippen molar-refractivity contribution >= 4 is 10.0 Å². The summed E-state index contributed by atoms with van der Waals surface area (Å²) < 4.78 is 33.2. The largest absolute Gasteiger partial charge is 0.465 e. The minimum atomic E-state index is -3.59. The molecule has 6 nitrogen and oxygen atoms in total. The van der Waals surface area contributed by atoms with E-state index in [1.54, 1.807) is 13.8 Å². The lowest BCUT2D eigenvalue weighted by atomic mass is 10.2. The number of furan rings is 1. The van der Waals surface area contributed by atoms with Crippen LogP contribution >= 0.6 is 0 Å². The van der Waals surface area contributed by atoms with Crippen molar-refractivity contribution in [3.63, 3.8) is 0 Å². The quantitative estimate of drug-likeness (QED) is 0.821. The number of nitrogens with one attached hydrogen (secondary N) is 1. The zero-order valence-electron chi connectivity index (χ0n) is 13.0. The third-order valence-corrected chi connectivity index (χ3v) is 5.75. The molecule has 1 aromatic rings. The summed E-state index contributed by atoms with van der Waals surface area (Å²) in [6.07, 6.45) is 2.38. The number of nitrogens with zero attached hydrogens (tertiary/aromatic N) is 1. The van der Waals surface area contributed by atoms with Gasteiger partial charge < -0.3 is 10.2 Å². The van der Waals surface area contributed by atoms with E-state index in [-0.39, 0.29) is 17.5 Å². The second kappa shape index (κ2) is 6.48. The number of likely N-dealkylation sites (tertiary alicyclic amines) is 1. The van der Waals surface area contributed by atoms with Gasteiger partial charge in [-0.25, -0.2) is 13.1 Å². The Labute approximate surface area is 126 Å². The number of aryl methyl sites for hydroxylation is 2. The van der Waals surface area contributed by atoms with Crippen LogP contribution in [-0.2, 0) is 16.6 Å². The molecular weight excluding hydrogens is 290 g/mol. The smallest absolute Gasteiger partial charge is 0.244 e. The van der Waals surface area contributed by atoms with Crippen molar-refractivity contribution in [3.05, 3.63) is 17.1 Å². The number of sulfonamides is 1. The molecule has 1 unspecified atom stereocenters. The molecule has 2 heterocycles. The average molecular weight is 315 g/mol. The van der Waals surface area contributed by atoms with Crippen molar-refractivity contribution in [1.29, 1.82) is 0 Å². The predicted octanol–water partition coefficient (Wildman–Crippen LogP) is 1.12. The summed E-state index contributed by atoms with van der Waals surface area (Å²) in [5, 5.41) is 0. The molecule has 0 aromatic carbocycles. The monoisotopic (exact) mass is 315 g/mol. The molecule has 0 amide bonds. The topological polar surface area (TPSA) is 88.6 Å². The van der Waals surface area contributed by atoms with Crippen LogP contribution in [-0.4, -0.2) is 39.0 Å². The molecule has 0 spiro atoms. The Hall–Kier alpha value is -0.890. The van der Waals surface area contributed by atoms with Crippen LogP contribution in [0.5, 0.6) is 0 Å². The van der Waals surface area contributed by atoms with Crippen LogP contribution in [0.4, 0.5) is 0 Å². The molecule has 1 aliphatic heterocycles. The van der Waals surface area contributed by atoms with Gasteiger partial charge in [0.25, 0.3) is 0 Å². The van der Waals surface area contributed by atoms with E-state index >= 15 is 0 Å². The average Bonchev–Trinajstić information content (AvgIpc) is 3.03. The molecule has 1 saturated heterocycles. The van der Waals surface area contributed by atoms with Gasteiger partial charge in [-0.1, -0.05) is 0 Å². The minimum absolute atomic E-state index is 0.154. The first-order valence-corrected chi connectivity index (χ1v) is 8.87. The predicted molar refractivity (Wildman–Crippen MR) is 81.5 cm³/mol. The number of hydrogen-bond acceptors (Lipinski definition) is 5. The van der Waals surface area contributed by atoms with Crippen LogP contribution in [0.15, 0.2) is 9.31 Å². The molecular formula is C14H25N3O3S. The Morgan fingerprint density at radius 2 is 1.90 bits per heavy atom. The third-order valence-electron chi connectivity index (χ3n) is 4.13. The van der Waals surface area contributed by atoms with Gasteiger partial charge in [0.2, 0.25) is 10.0 Å². The van der Waals surface area contributed by atoms with Crippen molar-refractivity contribution < 1.29 is 12.8 Å². The third kappa shape index (κ3) is 3.48. The van der Waals surface area contributed by atoms with Gasteiger partial charge in [0.15, 0.2) is 0 Å². The fourth-order valence-corrected chi connectivity index (χ4v) is 4.49. The Kier molecular flexibility index (Phi) is 5.08. The molecule has 1 aliphatic rings. The number of hydrogen-bond donors (Lipinski definition) is 2. The molecule has 1 aromatic heterocycles. The second-order valence-electron chi connectivity index (χ2n) is 5.67. The molecule has 120 valence electrons. The summed E-state index contributed by atoms with van der Waals surface area (Å²) in [4.78, 5) is 2.51. The van der Waals surface area contributed by atoms with Crippen molar-refractivity contribution in [2.24, 2.45) is 5.73 Å². The summed E-state index contributed by atoms with van der Waals surface area (Å²) in [5.74, 6) is 0.970. The first kappa shape index (κ1) is 16.5. The van der Waals surface area contributed by atoms with E-state index in [2.05, 4.69) is 9.62 Å². The van der Waals surface area contributed by atoms with E-state index in [0.717, 1.165) is 13.1 Å². The molecule has 3 N–H and O–H groups in total. The molecule has 0 saturated carbocycles. The highest BCUT2D eigenvalue weighted by atomic mass is 32.2. The van der Waals surface area contributed by atoms with E-state index in [1.165, 1.54) is 12.8 Å². The fraction of sp³-hybridized carbons (Fsp3) is 0.714. The Bertz CT molecular complexity index is 589. The van der Waals surface area contributed by atoms with Crippen molar-refractivity contribution in [2.45, 2.75) is 51.1 Å². The van der Waals surface area contributed by atoms with Gasteiger partial charge in [-0.15, -0.1) is 0 Å². The molecule has 0 radical (unpaired) electrons. The summed E-state index contributed by atoms with van der Waals surface area (Å²) >= 11 is 0. The van der Waals surface area contributed by atoms with E-state index in [4.69, 9.17) is 10.2 Å². The highest BCUT2D eigenvalue weighted by molar-refractivity contribution is 7.89. The Morgan fingerprint density at radius 3 is 2.48 bits per heavy atom. The van der Waals surface area contributed by atoms with E-state index in [9.17, 15) is 8.42 Å². The first-order valence-electron chi connectivity index (χ1n) is 7.39. The molecule has 7 heteroatoms. The summed E-state index contributed by atoms with van der Waals surface area (Å²) in [6.45, 7) is 8.08. The van der Waals surface area contributed by atoms with Gasteiger partial charge in [0.05, 0.1) is 0 Å². The zero-order valence-corrected chi connectivity index (χ0v) is 13.8. The highest BCUT2D eigenvalue weighted by Gasteiger charge is 2.27. The molecule has 0 bridgehead atoms. The highest BCUT2D eigenvalue weighted by Crippen LogP contribution is 2.26. The lowest BCUT2D eigenvalue weighted by Gasteiger charge is -2.23. The fourth-order valence-electron chi connectivity index (χ4n) is 2.91. The SMILES string of the molecule is Cc1oc(C)c(S(=O)(=O)NCC(C)N2CCCC2)c1CN. The van der Waals surface area contributed by atoms with Crippen LogP contribution in [0.1, 0.15) is 36.8 Å². The van der Waals surface area contributed by atoms with Gasteiger partial charge in [0.1, 0.15) is 16.4 Å². The standard InChI is InChI=1S/C14H25N3O3S/c1-10(17-6-4-5-7-17)9-16-21(18,19)14-12(3)20-11(2)13(14)8-15/h10,16H,4-9,15H2,1-3H3. The molecule has 1 atom stereocenters. The summed E-state index contributed by atoms with van der Waals surface area (Å²) in [6, 6.07) is 0.192. The van der Waals surface area contributed by atoms with Crippen LogP contribution in [0.2, 0.25) is 0 Å². The lowest BCUT2D eigenvalue weighted by molar-refractivity contribution is 0.260. The van der Waals surface area contributed by atoms with Crippen LogP contribution < -0.4 is 10.5 Å². The van der Waals surface area contributed by atoms with E-state index < -0.39 is 10.0 Å². The van der Waals surface area contributed by atoms with Gasteiger partial charge in [-0.3, -0.25) is 4.90 Å². The first-order chi connectivity index (χ1) is 9.86. The minimum Gasteiger partial charge on any atom is -0.465 e. The molecule has 1 fully saturated rings. The number of rotatable bonds is 6. The van der Waals surface area contributed by atoms with Crippen molar-refractivity contribution in [2.75, 3.05) is 19.6 Å². The maximum absolute atomic E-state index is 12.5. The summed E-state index contributed by atoms with van der Waals surface area (Å²) in [7, 11) is -3.59. The van der Waals surface area contributed by atoms with E-state index in [1.807, 2.05) is 6.92 Å². The van der Waals surface area contributed by atoms with Crippen molar-refractivity contribution in [1.82, 2.24) is 9.62 Å². The normalized spacial score (nSPS) is 18.3. The maximum atomic E-state index is 12.5. The van der Waals surface area contributed by atoms with Crippen LogP contribution in [0, 0.1) is 13.8 Å². The maximum Gasteiger partial charge on any atom is 0.244 e. The van der Waals surface area contributed by atoms with Gasteiger partial charge in [-0.2, -0.15) is 0 Å². The molecule has 21 heavy (non-hydrogen) atoms. The molecule has 0 aliphatic carbocycles. The van der Waals surface area contributed by atoms with Crippen molar-refractivity contribution in [3.8, 4) is 0 Å². The van der Waals surface area contributed by atoms with Crippen LogP contribution in [0.3, 0.4) is 0 Å². The second-order valence-corrected chi connectivity index (χ2v) is 7.37. The summed E-state index contributed by atoms with van der Waals surface area (Å²) in [5.41, 5.74) is 6.22. The van der Waals surface area contributed by atoms with Gasteiger partial charge in [0, 0.05) is 24.7 Å². The van der Waals surface area contributed by atoms with Gasteiger partial charge in [-0.05, 0) is 46.7 Å². The molecule has 2 rings (SSSR count). The van der Waals surface area contributed by atoms with Crippen LogP contribution in [0.25, 0.3) is 0 Å². The zero-order chi connectivity index (χ0) is 15.6. The van der Waals surface area contributed by atoms with Gasteiger partial charge >= 0.3 is 0 Å². The Morgan fingerprint density at radius 1 is 1.29 bits per heavy atom. The van der Waals surface area contributed by atoms with E-state index in [0.29, 0.717) is 23.6 Å². The lowest BCUT2D eigenvalue weighted by Crippen LogP contribution is -2.40. The number of nitrogens with two attached hydrogens (primary N) is 1. The Balaban J connectivity index is 2.11.